The highest BCUT2D eigenvalue weighted by Crippen LogP contribution is 2.33. The first kappa shape index (κ1) is 27.5. The fraction of sp³-hybridized carbons (Fsp3) is 0.429. The normalized spacial score (nSPS) is 18.0. The van der Waals surface area contributed by atoms with E-state index in [0.717, 1.165) is 40.8 Å². The molecule has 1 fully saturated rings. The first-order valence-electron chi connectivity index (χ1n) is 13.1. The van der Waals surface area contributed by atoms with E-state index in [9.17, 15) is 17.4 Å². The molecular formula is C28H33F3N6OS. The summed E-state index contributed by atoms with van der Waals surface area (Å²) in [7, 11) is -1.52. The maximum absolute atomic E-state index is 13.6. The molecule has 5 rings (SSSR count). The molecule has 2 atom stereocenters. The van der Waals surface area contributed by atoms with Crippen molar-refractivity contribution < 1.29 is 17.4 Å². The number of aromatic nitrogens is 4. The van der Waals surface area contributed by atoms with Crippen molar-refractivity contribution in [1.82, 2.24) is 28.8 Å². The van der Waals surface area contributed by atoms with E-state index in [0.29, 0.717) is 29.6 Å². The molecule has 0 saturated carbocycles. The van der Waals surface area contributed by atoms with Crippen molar-refractivity contribution in [3.8, 4) is 5.69 Å². The predicted molar refractivity (Wildman–Crippen MR) is 146 cm³/mol. The average molecular weight is 559 g/mol. The Hall–Kier alpha value is -3.02. The summed E-state index contributed by atoms with van der Waals surface area (Å²) in [6, 6.07) is 10.5. The largest absolute Gasteiger partial charge is 0.293 e. The van der Waals surface area contributed by atoms with Crippen LogP contribution in [0.25, 0.3) is 16.6 Å². The van der Waals surface area contributed by atoms with Crippen LogP contribution in [0.2, 0.25) is 0 Å². The van der Waals surface area contributed by atoms with Crippen LogP contribution in [0, 0.1) is 25.6 Å². The van der Waals surface area contributed by atoms with Crippen molar-refractivity contribution >= 4 is 21.9 Å². The summed E-state index contributed by atoms with van der Waals surface area (Å²) < 4.78 is 57.8. The smallest absolute Gasteiger partial charge is 0.257 e. The zero-order chi connectivity index (χ0) is 27.8. The van der Waals surface area contributed by atoms with Gasteiger partial charge in [0.2, 0.25) is 0 Å². The Morgan fingerprint density at radius 2 is 1.82 bits per heavy atom. The standard InChI is InChI=1S/C28H33F3N6OS/c1-18(2)14-34-9-10-36(39(38)27-16-35(17-28(30)31)33-20(27)4)15-26(34)24-12-21-13-32-37(25(21)11-19(24)3)23-7-5-22(29)6-8-23/h5-8,11-13,16,18,26,28H,9-10,14-15,17H2,1-4H3. The summed E-state index contributed by atoms with van der Waals surface area (Å²) in [5.41, 5.74) is 4.42. The van der Waals surface area contributed by atoms with Gasteiger partial charge >= 0.3 is 0 Å². The molecule has 1 aliphatic rings. The van der Waals surface area contributed by atoms with Gasteiger partial charge in [0.15, 0.2) is 0 Å². The molecular weight excluding hydrogens is 525 g/mol. The van der Waals surface area contributed by atoms with Crippen LogP contribution < -0.4 is 0 Å². The molecule has 1 aliphatic heterocycles. The lowest BCUT2D eigenvalue weighted by Crippen LogP contribution is -2.50. The Labute approximate surface area is 228 Å². The van der Waals surface area contributed by atoms with Crippen molar-refractivity contribution in [2.45, 2.75) is 51.6 Å². The second-order valence-corrected chi connectivity index (χ2v) is 12.0. The zero-order valence-electron chi connectivity index (χ0n) is 22.5. The predicted octanol–water partition coefficient (Wildman–Crippen LogP) is 5.28. The highest BCUT2D eigenvalue weighted by atomic mass is 32.2. The average Bonchev–Trinajstić information content (AvgIpc) is 3.45. The Balaban J connectivity index is 1.47. The van der Waals surface area contributed by atoms with Crippen molar-refractivity contribution in [3.05, 3.63) is 71.4 Å². The minimum absolute atomic E-state index is 0.0138. The lowest BCUT2D eigenvalue weighted by molar-refractivity contribution is 0.107. The summed E-state index contributed by atoms with van der Waals surface area (Å²) in [5.74, 6) is 0.152. The van der Waals surface area contributed by atoms with E-state index >= 15 is 0 Å². The monoisotopic (exact) mass is 558 g/mol. The molecule has 0 N–H and O–H groups in total. The van der Waals surface area contributed by atoms with Gasteiger partial charge < -0.3 is 0 Å². The van der Waals surface area contributed by atoms with Crippen molar-refractivity contribution in [2.24, 2.45) is 5.92 Å². The fourth-order valence-corrected chi connectivity index (χ4v) is 6.62. The molecule has 0 aliphatic carbocycles. The van der Waals surface area contributed by atoms with Crippen molar-refractivity contribution in [2.75, 3.05) is 26.2 Å². The number of piperazine rings is 1. The third kappa shape index (κ3) is 5.80. The Morgan fingerprint density at radius 3 is 2.51 bits per heavy atom. The van der Waals surface area contributed by atoms with Crippen LogP contribution in [0.5, 0.6) is 0 Å². The third-order valence-electron chi connectivity index (χ3n) is 7.09. The van der Waals surface area contributed by atoms with Crippen LogP contribution >= 0.6 is 0 Å². The lowest BCUT2D eigenvalue weighted by atomic mass is 9.96. The van der Waals surface area contributed by atoms with E-state index in [1.54, 1.807) is 23.7 Å². The van der Waals surface area contributed by atoms with Crippen molar-refractivity contribution in [3.63, 3.8) is 0 Å². The summed E-state index contributed by atoms with van der Waals surface area (Å²) in [4.78, 5) is 2.91. The number of nitrogens with zero attached hydrogens (tertiary/aromatic N) is 6. The van der Waals surface area contributed by atoms with Crippen LogP contribution in [0.15, 0.2) is 53.7 Å². The van der Waals surface area contributed by atoms with E-state index in [4.69, 9.17) is 0 Å². The van der Waals surface area contributed by atoms with E-state index in [1.165, 1.54) is 23.0 Å². The Kier molecular flexibility index (Phi) is 7.93. The summed E-state index contributed by atoms with van der Waals surface area (Å²) >= 11 is 0. The van der Waals surface area contributed by atoms with Gasteiger partial charge in [-0.2, -0.15) is 10.2 Å². The molecule has 1 saturated heterocycles. The van der Waals surface area contributed by atoms with Crippen LogP contribution in [0.3, 0.4) is 0 Å². The van der Waals surface area contributed by atoms with Gasteiger partial charge in [0.25, 0.3) is 6.43 Å². The summed E-state index contributed by atoms with van der Waals surface area (Å²) in [6.07, 6.45) is 0.766. The highest BCUT2D eigenvalue weighted by Gasteiger charge is 2.33. The van der Waals surface area contributed by atoms with Gasteiger partial charge in [0.1, 0.15) is 23.3 Å². The number of rotatable bonds is 8. The number of hydrogen-bond donors (Lipinski definition) is 0. The first-order valence-corrected chi connectivity index (χ1v) is 14.2. The molecule has 2 aromatic carbocycles. The second-order valence-electron chi connectivity index (χ2n) is 10.5. The Morgan fingerprint density at radius 1 is 1.08 bits per heavy atom. The molecule has 7 nitrogen and oxygen atoms in total. The van der Waals surface area contributed by atoms with Crippen LogP contribution in [-0.2, 0) is 17.5 Å². The molecule has 4 aromatic rings. The molecule has 0 spiro atoms. The molecule has 3 heterocycles. The molecule has 2 aromatic heterocycles. The molecule has 0 amide bonds. The molecule has 39 heavy (non-hydrogen) atoms. The number of halogens is 3. The third-order valence-corrected chi connectivity index (χ3v) is 8.67. The SMILES string of the molecule is Cc1cc2c(cnn2-c2ccc(F)cc2)cc1C1CN(S(=O)c2cn(CC(F)F)nc2C)CCN1CC(C)C. The van der Waals surface area contributed by atoms with Crippen LogP contribution in [0.1, 0.15) is 36.7 Å². The molecule has 0 bridgehead atoms. The van der Waals surface area contributed by atoms with Gasteiger partial charge in [-0.1, -0.05) is 13.8 Å². The summed E-state index contributed by atoms with van der Waals surface area (Å²) in [5, 5.41) is 9.68. The molecule has 208 valence electrons. The molecule has 11 heteroatoms. The van der Waals surface area contributed by atoms with Gasteiger partial charge in [0.05, 0.1) is 28.0 Å². The molecule has 0 radical (unpaired) electrons. The van der Waals surface area contributed by atoms with Gasteiger partial charge in [-0.3, -0.25) is 9.58 Å². The van der Waals surface area contributed by atoms with E-state index < -0.39 is 24.0 Å². The topological polar surface area (TPSA) is 59.2 Å². The van der Waals surface area contributed by atoms with E-state index in [1.807, 2.05) is 10.5 Å². The fourth-order valence-electron chi connectivity index (χ4n) is 5.32. The van der Waals surface area contributed by atoms with Crippen molar-refractivity contribution in [1.29, 1.82) is 0 Å². The minimum atomic E-state index is -2.53. The van der Waals surface area contributed by atoms with Crippen LogP contribution in [0.4, 0.5) is 13.2 Å². The Bertz CT molecular complexity index is 1480. The number of alkyl halides is 2. The van der Waals surface area contributed by atoms with Gasteiger partial charge in [-0.05, 0) is 67.3 Å². The van der Waals surface area contributed by atoms with E-state index in [-0.39, 0.29) is 11.9 Å². The highest BCUT2D eigenvalue weighted by molar-refractivity contribution is 7.82. The number of benzene rings is 2. The molecule has 2 unspecified atom stereocenters. The zero-order valence-corrected chi connectivity index (χ0v) is 23.3. The number of hydrogen-bond acceptors (Lipinski definition) is 4. The minimum Gasteiger partial charge on any atom is -0.293 e. The quantitative estimate of drug-likeness (QED) is 0.295. The first-order chi connectivity index (χ1) is 18.6. The number of fused-ring (bicyclic) bond motifs is 1. The second kappa shape index (κ2) is 11.2. The summed E-state index contributed by atoms with van der Waals surface area (Å²) in [6.45, 7) is 10.4. The van der Waals surface area contributed by atoms with Crippen LogP contribution in [-0.4, -0.2) is 65.6 Å². The maximum Gasteiger partial charge on any atom is 0.257 e. The lowest BCUT2D eigenvalue weighted by Gasteiger charge is -2.42. The maximum atomic E-state index is 13.6. The van der Waals surface area contributed by atoms with Gasteiger partial charge in [-0.25, -0.2) is 26.4 Å². The van der Waals surface area contributed by atoms with Gasteiger partial charge in [0, 0.05) is 43.8 Å². The van der Waals surface area contributed by atoms with Gasteiger partial charge in [-0.15, -0.1) is 0 Å². The number of aryl methyl sites for hydroxylation is 2. The van der Waals surface area contributed by atoms with E-state index in [2.05, 4.69) is 48.0 Å².